The maximum absolute atomic E-state index is 6.06. The Kier molecular flexibility index (Phi) is 5.30. The number of hydrogen-bond donors (Lipinski definition) is 1. The van der Waals surface area contributed by atoms with E-state index < -0.39 is 0 Å². The Bertz CT molecular complexity index is 567. The molecule has 2 rings (SSSR count). The largest absolute Gasteiger partial charge is 0.370 e. The molecule has 106 valence electrons. The topological polar surface area (TPSA) is 29.3 Å². The molecule has 0 spiro atoms. The SMILES string of the molecule is CN(Cc1ccc(Cl)cc1)c1ccc(Cl)cc1CCN. The lowest BCUT2D eigenvalue weighted by molar-refractivity contribution is 0.893. The average Bonchev–Trinajstić information content (AvgIpc) is 2.42. The van der Waals surface area contributed by atoms with Crippen molar-refractivity contribution in [1.29, 1.82) is 0 Å². The summed E-state index contributed by atoms with van der Waals surface area (Å²) in [5, 5.41) is 1.50. The van der Waals surface area contributed by atoms with E-state index in [-0.39, 0.29) is 0 Å². The summed E-state index contributed by atoms with van der Waals surface area (Å²) in [6.07, 6.45) is 0.820. The van der Waals surface area contributed by atoms with Gasteiger partial charge in [-0.3, -0.25) is 0 Å². The van der Waals surface area contributed by atoms with Crippen LogP contribution in [-0.4, -0.2) is 13.6 Å². The zero-order chi connectivity index (χ0) is 14.5. The molecule has 2 nitrogen and oxygen atoms in total. The molecule has 0 amide bonds. The number of halogens is 2. The molecule has 0 aliphatic heterocycles. The molecule has 0 bridgehead atoms. The molecule has 2 N–H and O–H groups in total. The fraction of sp³-hybridized carbons (Fsp3) is 0.250. The first-order valence-corrected chi connectivity index (χ1v) is 7.30. The molecule has 20 heavy (non-hydrogen) atoms. The van der Waals surface area contributed by atoms with E-state index in [0.29, 0.717) is 6.54 Å². The van der Waals surface area contributed by atoms with E-state index >= 15 is 0 Å². The number of nitrogens with zero attached hydrogens (tertiary/aromatic N) is 1. The third-order valence-corrected chi connectivity index (χ3v) is 3.69. The smallest absolute Gasteiger partial charge is 0.0426 e. The van der Waals surface area contributed by atoms with E-state index in [2.05, 4.69) is 11.9 Å². The monoisotopic (exact) mass is 308 g/mol. The first-order chi connectivity index (χ1) is 9.60. The van der Waals surface area contributed by atoms with Crippen LogP contribution in [0.25, 0.3) is 0 Å². The second kappa shape index (κ2) is 6.98. The number of anilines is 1. The molecule has 0 saturated carbocycles. The van der Waals surface area contributed by atoms with Crippen LogP contribution in [0.1, 0.15) is 11.1 Å². The van der Waals surface area contributed by atoms with Crippen LogP contribution in [0.15, 0.2) is 42.5 Å². The van der Waals surface area contributed by atoms with Crippen molar-refractivity contribution < 1.29 is 0 Å². The fourth-order valence-corrected chi connectivity index (χ4v) is 2.55. The van der Waals surface area contributed by atoms with Gasteiger partial charge in [0.1, 0.15) is 0 Å². The summed E-state index contributed by atoms with van der Waals surface area (Å²) in [4.78, 5) is 2.20. The van der Waals surface area contributed by atoms with E-state index in [1.165, 1.54) is 11.1 Å². The zero-order valence-corrected chi connectivity index (χ0v) is 13.0. The van der Waals surface area contributed by atoms with Gasteiger partial charge in [-0.2, -0.15) is 0 Å². The fourth-order valence-electron chi connectivity index (χ4n) is 2.23. The number of nitrogens with two attached hydrogens (primary N) is 1. The van der Waals surface area contributed by atoms with Crippen molar-refractivity contribution in [3.8, 4) is 0 Å². The standard InChI is InChI=1S/C16H18Cl2N2/c1-20(11-12-2-4-14(17)5-3-12)16-7-6-15(18)10-13(16)8-9-19/h2-7,10H,8-9,11,19H2,1H3. The predicted octanol–water partition coefficient (Wildman–Crippen LogP) is 4.13. The molecular formula is C16H18Cl2N2. The van der Waals surface area contributed by atoms with Crippen LogP contribution in [0.3, 0.4) is 0 Å². The Balaban J connectivity index is 2.19. The number of hydrogen-bond acceptors (Lipinski definition) is 2. The summed E-state index contributed by atoms with van der Waals surface area (Å²) < 4.78 is 0. The van der Waals surface area contributed by atoms with Crippen molar-refractivity contribution >= 4 is 28.9 Å². The highest BCUT2D eigenvalue weighted by Gasteiger charge is 2.08. The molecule has 0 fully saturated rings. The van der Waals surface area contributed by atoms with Gasteiger partial charge in [-0.1, -0.05) is 35.3 Å². The average molecular weight is 309 g/mol. The van der Waals surface area contributed by atoms with Gasteiger partial charge in [0.25, 0.3) is 0 Å². The maximum atomic E-state index is 6.06. The Morgan fingerprint density at radius 2 is 1.65 bits per heavy atom. The summed E-state index contributed by atoms with van der Waals surface area (Å²) in [5.41, 5.74) is 9.23. The Morgan fingerprint density at radius 3 is 2.30 bits per heavy atom. The molecule has 4 heteroatoms. The lowest BCUT2D eigenvalue weighted by Crippen LogP contribution is -2.19. The maximum Gasteiger partial charge on any atom is 0.0426 e. The van der Waals surface area contributed by atoms with Gasteiger partial charge in [-0.05, 0) is 54.4 Å². The number of benzene rings is 2. The molecule has 0 saturated heterocycles. The first-order valence-electron chi connectivity index (χ1n) is 6.54. The minimum absolute atomic E-state index is 0.613. The van der Waals surface area contributed by atoms with Crippen LogP contribution >= 0.6 is 23.2 Å². The van der Waals surface area contributed by atoms with E-state index in [1.54, 1.807) is 0 Å². The molecule has 0 aliphatic carbocycles. The Morgan fingerprint density at radius 1 is 1.00 bits per heavy atom. The van der Waals surface area contributed by atoms with Crippen LogP contribution < -0.4 is 10.6 Å². The van der Waals surface area contributed by atoms with E-state index in [1.807, 2.05) is 42.5 Å². The van der Waals surface area contributed by atoms with Crippen molar-refractivity contribution in [3.05, 3.63) is 63.6 Å². The van der Waals surface area contributed by atoms with Crippen LogP contribution in [0.5, 0.6) is 0 Å². The van der Waals surface area contributed by atoms with Crippen LogP contribution in [-0.2, 0) is 13.0 Å². The van der Waals surface area contributed by atoms with E-state index in [4.69, 9.17) is 28.9 Å². The zero-order valence-electron chi connectivity index (χ0n) is 11.4. The van der Waals surface area contributed by atoms with Gasteiger partial charge in [0.05, 0.1) is 0 Å². The third kappa shape index (κ3) is 3.89. The molecule has 2 aromatic carbocycles. The van der Waals surface area contributed by atoms with Gasteiger partial charge in [0.2, 0.25) is 0 Å². The molecule has 0 aliphatic rings. The van der Waals surface area contributed by atoms with E-state index in [9.17, 15) is 0 Å². The second-order valence-corrected chi connectivity index (χ2v) is 5.67. The molecular weight excluding hydrogens is 291 g/mol. The molecule has 2 aromatic rings. The molecule has 0 atom stereocenters. The molecule has 0 unspecified atom stereocenters. The van der Waals surface area contributed by atoms with Gasteiger partial charge >= 0.3 is 0 Å². The normalized spacial score (nSPS) is 10.6. The minimum Gasteiger partial charge on any atom is -0.370 e. The van der Waals surface area contributed by atoms with Gasteiger partial charge < -0.3 is 10.6 Å². The molecule has 0 radical (unpaired) electrons. The van der Waals surface area contributed by atoms with Crippen molar-refractivity contribution in [3.63, 3.8) is 0 Å². The van der Waals surface area contributed by atoms with Gasteiger partial charge in [-0.15, -0.1) is 0 Å². The Hall–Kier alpha value is -1.22. The second-order valence-electron chi connectivity index (χ2n) is 4.79. The quantitative estimate of drug-likeness (QED) is 0.900. The van der Waals surface area contributed by atoms with E-state index in [0.717, 1.165) is 28.7 Å². The Labute approximate surface area is 130 Å². The van der Waals surface area contributed by atoms with Crippen molar-refractivity contribution in [2.45, 2.75) is 13.0 Å². The van der Waals surface area contributed by atoms with Crippen LogP contribution in [0.4, 0.5) is 5.69 Å². The molecule has 0 aromatic heterocycles. The van der Waals surface area contributed by atoms with Gasteiger partial charge in [-0.25, -0.2) is 0 Å². The highest BCUT2D eigenvalue weighted by atomic mass is 35.5. The summed E-state index contributed by atoms with van der Waals surface area (Å²) in [5.74, 6) is 0. The summed E-state index contributed by atoms with van der Waals surface area (Å²) >= 11 is 12.0. The lowest BCUT2D eigenvalue weighted by Gasteiger charge is -2.23. The first kappa shape index (κ1) is 15.2. The highest BCUT2D eigenvalue weighted by Crippen LogP contribution is 2.25. The number of rotatable bonds is 5. The summed E-state index contributed by atoms with van der Waals surface area (Å²) in [6, 6.07) is 13.8. The predicted molar refractivity (Wildman–Crippen MR) is 87.8 cm³/mol. The van der Waals surface area contributed by atoms with Gasteiger partial charge in [0.15, 0.2) is 0 Å². The minimum atomic E-state index is 0.613. The summed E-state index contributed by atoms with van der Waals surface area (Å²) in [7, 11) is 2.07. The lowest BCUT2D eigenvalue weighted by atomic mass is 10.1. The van der Waals surface area contributed by atoms with Gasteiger partial charge in [0, 0.05) is 29.3 Å². The summed E-state index contributed by atoms with van der Waals surface area (Å²) in [6.45, 7) is 1.43. The molecule has 0 heterocycles. The third-order valence-electron chi connectivity index (χ3n) is 3.20. The highest BCUT2D eigenvalue weighted by molar-refractivity contribution is 6.31. The van der Waals surface area contributed by atoms with Crippen molar-refractivity contribution in [2.24, 2.45) is 5.73 Å². The van der Waals surface area contributed by atoms with Crippen LogP contribution in [0, 0.1) is 0 Å². The van der Waals surface area contributed by atoms with Crippen molar-refractivity contribution in [1.82, 2.24) is 0 Å². The van der Waals surface area contributed by atoms with Crippen molar-refractivity contribution in [2.75, 3.05) is 18.5 Å². The van der Waals surface area contributed by atoms with Crippen LogP contribution in [0.2, 0.25) is 10.0 Å².